The second-order valence-electron chi connectivity index (χ2n) is 4.99. The summed E-state index contributed by atoms with van der Waals surface area (Å²) in [7, 11) is 0. The first-order valence-corrected chi connectivity index (χ1v) is 6.17. The molecule has 1 aromatic heterocycles. The largest absolute Gasteiger partial charge is 0.382 e. The zero-order valence-corrected chi connectivity index (χ0v) is 9.98. The van der Waals surface area contributed by atoms with Crippen LogP contribution in [0, 0.1) is 5.92 Å². The first-order valence-electron chi connectivity index (χ1n) is 6.17. The standard InChI is InChI=1S/C11H18N6/c1-7-3-2-4-8(5-7)17-11-9(15-16-17)10(12)13-6-14-11/h6-8,15-16H,2-5H2,1H3,(H2,12,13,14). The topological polar surface area (TPSA) is 79.1 Å². The Kier molecular flexibility index (Phi) is 2.51. The number of anilines is 3. The molecule has 1 saturated carbocycles. The van der Waals surface area contributed by atoms with Gasteiger partial charge in [-0.2, -0.15) is 0 Å². The molecule has 1 aliphatic carbocycles. The van der Waals surface area contributed by atoms with E-state index in [2.05, 4.69) is 32.9 Å². The molecule has 0 radical (unpaired) electrons. The number of fused-ring (bicyclic) bond motifs is 1. The summed E-state index contributed by atoms with van der Waals surface area (Å²) in [5.74, 6) is 2.14. The second-order valence-corrected chi connectivity index (χ2v) is 4.99. The van der Waals surface area contributed by atoms with Crippen molar-refractivity contribution in [1.82, 2.24) is 15.5 Å². The molecule has 6 nitrogen and oxygen atoms in total. The molecule has 4 N–H and O–H groups in total. The van der Waals surface area contributed by atoms with Crippen molar-refractivity contribution < 1.29 is 0 Å². The number of nitrogens with two attached hydrogens (primary N) is 1. The van der Waals surface area contributed by atoms with Gasteiger partial charge in [0.2, 0.25) is 0 Å². The number of nitrogens with one attached hydrogen (secondary N) is 2. The first kappa shape index (κ1) is 10.6. The Bertz CT molecular complexity index is 420. The van der Waals surface area contributed by atoms with Crippen LogP contribution in [0.25, 0.3) is 0 Å². The summed E-state index contributed by atoms with van der Waals surface area (Å²) in [6.45, 7) is 2.31. The van der Waals surface area contributed by atoms with Gasteiger partial charge >= 0.3 is 0 Å². The van der Waals surface area contributed by atoms with Gasteiger partial charge in [-0.05, 0) is 18.8 Å². The lowest BCUT2D eigenvalue weighted by Crippen LogP contribution is -2.46. The SMILES string of the molecule is CC1CCCC(N2NNc3c(N)ncnc32)C1. The third-order valence-electron chi connectivity index (χ3n) is 3.66. The van der Waals surface area contributed by atoms with Crippen LogP contribution in [0.3, 0.4) is 0 Å². The van der Waals surface area contributed by atoms with E-state index >= 15 is 0 Å². The van der Waals surface area contributed by atoms with Crippen molar-refractivity contribution in [3.05, 3.63) is 6.33 Å². The molecule has 6 heteroatoms. The van der Waals surface area contributed by atoms with Crippen LogP contribution in [0.15, 0.2) is 6.33 Å². The zero-order chi connectivity index (χ0) is 11.8. The van der Waals surface area contributed by atoms with Crippen LogP contribution < -0.4 is 21.7 Å². The third-order valence-corrected chi connectivity index (χ3v) is 3.66. The van der Waals surface area contributed by atoms with E-state index in [4.69, 9.17) is 5.73 Å². The number of aromatic nitrogens is 2. The molecule has 17 heavy (non-hydrogen) atoms. The Morgan fingerprint density at radius 1 is 1.41 bits per heavy atom. The highest BCUT2D eigenvalue weighted by Gasteiger charge is 2.31. The van der Waals surface area contributed by atoms with E-state index in [1.807, 2.05) is 0 Å². The molecule has 1 fully saturated rings. The predicted octanol–water partition coefficient (Wildman–Crippen LogP) is 1.29. The molecule has 1 aromatic rings. The highest BCUT2D eigenvalue weighted by atomic mass is 15.7. The maximum absolute atomic E-state index is 5.81. The van der Waals surface area contributed by atoms with E-state index in [1.54, 1.807) is 0 Å². The number of hydrogen-bond donors (Lipinski definition) is 3. The summed E-state index contributed by atoms with van der Waals surface area (Å²) in [5.41, 5.74) is 12.8. The van der Waals surface area contributed by atoms with Gasteiger partial charge in [0, 0.05) is 6.04 Å². The molecule has 2 unspecified atom stereocenters. The Morgan fingerprint density at radius 2 is 2.29 bits per heavy atom. The predicted molar refractivity (Wildman–Crippen MR) is 67.1 cm³/mol. The summed E-state index contributed by atoms with van der Waals surface area (Å²) < 4.78 is 0. The lowest BCUT2D eigenvalue weighted by atomic mass is 9.87. The minimum absolute atomic E-state index is 0.488. The minimum Gasteiger partial charge on any atom is -0.382 e. The smallest absolute Gasteiger partial charge is 0.174 e. The molecule has 2 heterocycles. The Balaban J connectivity index is 1.85. The lowest BCUT2D eigenvalue weighted by molar-refractivity contribution is 0.320. The fraction of sp³-hybridized carbons (Fsp3) is 0.636. The van der Waals surface area contributed by atoms with Crippen molar-refractivity contribution in [2.75, 3.05) is 16.2 Å². The van der Waals surface area contributed by atoms with Gasteiger partial charge in [-0.1, -0.05) is 19.8 Å². The van der Waals surface area contributed by atoms with Crippen LogP contribution in [0.4, 0.5) is 17.3 Å². The van der Waals surface area contributed by atoms with Crippen LogP contribution in [0.1, 0.15) is 32.6 Å². The summed E-state index contributed by atoms with van der Waals surface area (Å²) in [4.78, 5) is 8.29. The van der Waals surface area contributed by atoms with Gasteiger partial charge in [-0.25, -0.2) is 9.97 Å². The number of nitrogen functional groups attached to an aromatic ring is 1. The summed E-state index contributed by atoms with van der Waals surface area (Å²) in [6, 6.07) is 0.488. The molecule has 0 amide bonds. The molecule has 2 aliphatic rings. The molecule has 2 atom stereocenters. The van der Waals surface area contributed by atoms with Gasteiger partial charge in [0.1, 0.15) is 12.0 Å². The van der Waals surface area contributed by atoms with Gasteiger partial charge in [0.15, 0.2) is 11.6 Å². The molecule has 0 aromatic carbocycles. The summed E-state index contributed by atoms with van der Waals surface area (Å²) in [5, 5.41) is 2.10. The van der Waals surface area contributed by atoms with Gasteiger partial charge < -0.3 is 5.73 Å². The van der Waals surface area contributed by atoms with E-state index in [1.165, 1.54) is 32.0 Å². The number of hydrogen-bond acceptors (Lipinski definition) is 6. The number of nitrogens with zero attached hydrogens (tertiary/aromatic N) is 3. The average molecular weight is 234 g/mol. The molecular formula is C11H18N6. The van der Waals surface area contributed by atoms with Crippen molar-refractivity contribution in [1.29, 1.82) is 0 Å². The highest BCUT2D eigenvalue weighted by Crippen LogP contribution is 2.35. The van der Waals surface area contributed by atoms with E-state index in [0.717, 1.165) is 17.4 Å². The van der Waals surface area contributed by atoms with Crippen LogP contribution in [-0.4, -0.2) is 16.0 Å². The van der Waals surface area contributed by atoms with E-state index in [9.17, 15) is 0 Å². The van der Waals surface area contributed by atoms with E-state index in [0.29, 0.717) is 11.9 Å². The highest BCUT2D eigenvalue weighted by molar-refractivity contribution is 5.78. The molecule has 0 bridgehead atoms. The zero-order valence-electron chi connectivity index (χ0n) is 9.98. The third kappa shape index (κ3) is 1.78. The fourth-order valence-corrected chi connectivity index (χ4v) is 2.76. The van der Waals surface area contributed by atoms with Crippen LogP contribution >= 0.6 is 0 Å². The molecule has 1 aliphatic heterocycles. The van der Waals surface area contributed by atoms with Gasteiger partial charge in [0.25, 0.3) is 0 Å². The summed E-state index contributed by atoms with van der Waals surface area (Å²) >= 11 is 0. The Morgan fingerprint density at radius 3 is 3.12 bits per heavy atom. The van der Waals surface area contributed by atoms with E-state index < -0.39 is 0 Å². The fourth-order valence-electron chi connectivity index (χ4n) is 2.76. The molecule has 0 spiro atoms. The van der Waals surface area contributed by atoms with Gasteiger partial charge in [0.05, 0.1) is 0 Å². The molecule has 0 saturated heterocycles. The molecule has 92 valence electrons. The minimum atomic E-state index is 0.488. The molecular weight excluding hydrogens is 216 g/mol. The first-order chi connectivity index (χ1) is 8.25. The van der Waals surface area contributed by atoms with Crippen LogP contribution in [-0.2, 0) is 0 Å². The van der Waals surface area contributed by atoms with E-state index in [-0.39, 0.29) is 0 Å². The average Bonchev–Trinajstić information content (AvgIpc) is 2.74. The normalized spacial score (nSPS) is 27.7. The number of rotatable bonds is 1. The summed E-state index contributed by atoms with van der Waals surface area (Å²) in [6.07, 6.45) is 6.51. The Labute approximate surface area is 101 Å². The maximum atomic E-state index is 5.81. The van der Waals surface area contributed by atoms with Crippen LogP contribution in [0.2, 0.25) is 0 Å². The monoisotopic (exact) mass is 234 g/mol. The lowest BCUT2D eigenvalue weighted by Gasteiger charge is -2.33. The van der Waals surface area contributed by atoms with Gasteiger partial charge in [-0.3, -0.25) is 10.4 Å². The Hall–Kier alpha value is -1.56. The van der Waals surface area contributed by atoms with Crippen molar-refractivity contribution >= 4 is 17.3 Å². The number of hydrazine groups is 2. The van der Waals surface area contributed by atoms with Crippen LogP contribution in [0.5, 0.6) is 0 Å². The van der Waals surface area contributed by atoms with Crippen molar-refractivity contribution in [2.24, 2.45) is 5.92 Å². The van der Waals surface area contributed by atoms with Crippen molar-refractivity contribution in [3.8, 4) is 0 Å². The maximum Gasteiger partial charge on any atom is 0.174 e. The van der Waals surface area contributed by atoms with Crippen molar-refractivity contribution in [3.63, 3.8) is 0 Å². The van der Waals surface area contributed by atoms with Gasteiger partial charge in [-0.15, -0.1) is 5.53 Å². The molecule has 3 rings (SSSR count). The van der Waals surface area contributed by atoms with Crippen molar-refractivity contribution in [2.45, 2.75) is 38.6 Å². The second kappa shape index (κ2) is 4.03. The quantitative estimate of drug-likeness (QED) is 0.679.